The molecule has 2 nitrogen and oxygen atoms in total. The number of nitrogens with zero attached hydrogens (tertiary/aromatic N) is 1. The zero-order valence-corrected chi connectivity index (χ0v) is 13.4. The fourth-order valence-electron chi connectivity index (χ4n) is 2.02. The lowest BCUT2D eigenvalue weighted by Gasteiger charge is -2.05. The van der Waals surface area contributed by atoms with Crippen LogP contribution in [0.3, 0.4) is 0 Å². The second kappa shape index (κ2) is 8.89. The largest absolute Gasteiger partial charge is 0.494 e. The van der Waals surface area contributed by atoms with E-state index >= 15 is 0 Å². The van der Waals surface area contributed by atoms with Crippen LogP contribution in [0.2, 0.25) is 0 Å². The summed E-state index contributed by atoms with van der Waals surface area (Å²) in [5.74, 6) is 7.13. The van der Waals surface area contributed by atoms with Crippen molar-refractivity contribution < 1.29 is 4.74 Å². The Labute approximate surface area is 133 Å². The second-order valence-electron chi connectivity index (χ2n) is 5.24. The Morgan fingerprint density at radius 1 is 0.955 bits per heavy atom. The molecule has 1 aromatic carbocycles. The molecule has 0 aliphatic carbocycles. The van der Waals surface area contributed by atoms with Gasteiger partial charge in [0.05, 0.1) is 6.61 Å². The summed E-state index contributed by atoms with van der Waals surface area (Å²) in [6.45, 7) is 5.10. The summed E-state index contributed by atoms with van der Waals surface area (Å²) in [5.41, 5.74) is 3.01. The fraction of sp³-hybridized carbons (Fsp3) is 0.350. The maximum atomic E-state index is 5.69. The smallest absolute Gasteiger partial charge is 0.119 e. The molecule has 2 rings (SSSR count). The average Bonchev–Trinajstić information content (AvgIpc) is 2.58. The Balaban J connectivity index is 1.92. The number of ether oxygens (including phenoxy) is 1. The van der Waals surface area contributed by atoms with Crippen molar-refractivity contribution in [1.29, 1.82) is 0 Å². The van der Waals surface area contributed by atoms with Gasteiger partial charge in [-0.2, -0.15) is 0 Å². The van der Waals surface area contributed by atoms with E-state index in [1.807, 2.05) is 36.5 Å². The molecule has 1 aromatic heterocycles. The van der Waals surface area contributed by atoms with Gasteiger partial charge in [0.1, 0.15) is 11.4 Å². The van der Waals surface area contributed by atoms with Gasteiger partial charge >= 0.3 is 0 Å². The molecule has 0 N–H and O–H groups in total. The van der Waals surface area contributed by atoms with Crippen LogP contribution in [0.15, 0.2) is 42.6 Å². The molecule has 0 amide bonds. The molecule has 0 saturated carbocycles. The molecule has 0 unspecified atom stereocenters. The van der Waals surface area contributed by atoms with Crippen LogP contribution < -0.4 is 4.74 Å². The first-order valence-electron chi connectivity index (χ1n) is 8.01. The van der Waals surface area contributed by atoms with Gasteiger partial charge in [-0.3, -0.25) is 0 Å². The van der Waals surface area contributed by atoms with Crippen molar-refractivity contribution in [2.24, 2.45) is 0 Å². The van der Waals surface area contributed by atoms with Gasteiger partial charge in [0.15, 0.2) is 0 Å². The van der Waals surface area contributed by atoms with Gasteiger partial charge in [-0.15, -0.1) is 0 Å². The highest BCUT2D eigenvalue weighted by molar-refractivity contribution is 5.42. The fourth-order valence-corrected chi connectivity index (χ4v) is 2.02. The van der Waals surface area contributed by atoms with E-state index < -0.39 is 0 Å². The van der Waals surface area contributed by atoms with Crippen LogP contribution in [0.25, 0.3) is 0 Å². The highest BCUT2D eigenvalue weighted by atomic mass is 16.5. The quantitative estimate of drug-likeness (QED) is 0.573. The zero-order chi connectivity index (χ0) is 15.6. The minimum Gasteiger partial charge on any atom is -0.494 e. The molecular weight excluding hydrogens is 270 g/mol. The predicted molar refractivity (Wildman–Crippen MR) is 91.1 cm³/mol. The van der Waals surface area contributed by atoms with Crippen LogP contribution in [0.1, 0.15) is 49.9 Å². The molecule has 2 aromatic rings. The van der Waals surface area contributed by atoms with E-state index in [0.29, 0.717) is 0 Å². The van der Waals surface area contributed by atoms with Crippen LogP contribution in [0.5, 0.6) is 5.75 Å². The van der Waals surface area contributed by atoms with E-state index in [2.05, 4.69) is 36.7 Å². The second-order valence-corrected chi connectivity index (χ2v) is 5.24. The number of aryl methyl sites for hydroxylation is 1. The lowest BCUT2D eigenvalue weighted by molar-refractivity contribution is 0.306. The average molecular weight is 293 g/mol. The van der Waals surface area contributed by atoms with Crippen LogP contribution in [-0.4, -0.2) is 11.6 Å². The molecule has 2 heteroatoms. The van der Waals surface area contributed by atoms with Gasteiger partial charge in [0.25, 0.3) is 0 Å². The third kappa shape index (κ3) is 5.26. The van der Waals surface area contributed by atoms with Crippen molar-refractivity contribution in [3.05, 3.63) is 59.4 Å². The maximum Gasteiger partial charge on any atom is 0.119 e. The lowest BCUT2D eigenvalue weighted by Crippen LogP contribution is -1.96. The van der Waals surface area contributed by atoms with Crippen LogP contribution in [-0.2, 0) is 6.42 Å². The number of benzene rings is 1. The van der Waals surface area contributed by atoms with Gasteiger partial charge in [-0.1, -0.05) is 38.7 Å². The highest BCUT2D eigenvalue weighted by Crippen LogP contribution is 2.12. The van der Waals surface area contributed by atoms with Crippen LogP contribution >= 0.6 is 0 Å². The molecule has 1 heterocycles. The summed E-state index contributed by atoms with van der Waals surface area (Å²) in [6.07, 6.45) is 6.42. The normalized spacial score (nSPS) is 9.91. The summed E-state index contributed by atoms with van der Waals surface area (Å²) < 4.78 is 5.69. The zero-order valence-electron chi connectivity index (χ0n) is 13.4. The van der Waals surface area contributed by atoms with Gasteiger partial charge in [0.2, 0.25) is 0 Å². The van der Waals surface area contributed by atoms with Crippen LogP contribution in [0, 0.1) is 11.8 Å². The van der Waals surface area contributed by atoms with E-state index in [4.69, 9.17) is 4.74 Å². The molecule has 0 aliphatic rings. The summed E-state index contributed by atoms with van der Waals surface area (Å²) in [5, 5.41) is 0. The summed E-state index contributed by atoms with van der Waals surface area (Å²) in [6, 6.07) is 12.0. The number of hydrogen-bond acceptors (Lipinski definition) is 2. The standard InChI is InChI=1S/C20H23NO/c1-3-5-6-15-22-20-13-9-18(10-14-20)8-12-19-11-7-17(4-2)16-21-19/h7,9-11,13-14,16H,3-6,15H2,1-2H3. The first kappa shape index (κ1) is 16.1. The molecule has 0 saturated heterocycles. The van der Waals surface area contributed by atoms with E-state index in [1.54, 1.807) is 0 Å². The van der Waals surface area contributed by atoms with Crippen LogP contribution in [0.4, 0.5) is 0 Å². The van der Waals surface area contributed by atoms with Crippen molar-refractivity contribution in [3.8, 4) is 17.6 Å². The third-order valence-electron chi connectivity index (χ3n) is 3.44. The predicted octanol–water partition coefficient (Wildman–Crippen LogP) is 4.61. The van der Waals surface area contributed by atoms with Gasteiger partial charge < -0.3 is 4.74 Å². The molecule has 0 bridgehead atoms. The van der Waals surface area contributed by atoms with Gasteiger partial charge in [0, 0.05) is 11.8 Å². The third-order valence-corrected chi connectivity index (χ3v) is 3.44. The molecule has 0 aliphatic heterocycles. The number of pyridine rings is 1. The molecule has 0 fully saturated rings. The van der Waals surface area contributed by atoms with E-state index in [-0.39, 0.29) is 0 Å². The Kier molecular flexibility index (Phi) is 6.51. The molecule has 0 spiro atoms. The number of unbranched alkanes of at least 4 members (excludes halogenated alkanes) is 2. The topological polar surface area (TPSA) is 22.1 Å². The van der Waals surface area contributed by atoms with E-state index in [0.717, 1.165) is 36.5 Å². The Morgan fingerprint density at radius 3 is 2.41 bits per heavy atom. The van der Waals surface area contributed by atoms with Gasteiger partial charge in [-0.05, 0) is 54.7 Å². The van der Waals surface area contributed by atoms with Crippen molar-refractivity contribution >= 4 is 0 Å². The number of rotatable bonds is 6. The first-order valence-corrected chi connectivity index (χ1v) is 8.01. The minimum absolute atomic E-state index is 0.784. The molecule has 114 valence electrons. The lowest BCUT2D eigenvalue weighted by atomic mass is 10.2. The summed E-state index contributed by atoms with van der Waals surface area (Å²) in [4.78, 5) is 4.34. The molecule has 0 atom stereocenters. The summed E-state index contributed by atoms with van der Waals surface area (Å²) in [7, 11) is 0. The van der Waals surface area contributed by atoms with Crippen molar-refractivity contribution in [2.75, 3.05) is 6.61 Å². The van der Waals surface area contributed by atoms with Crippen molar-refractivity contribution in [2.45, 2.75) is 39.5 Å². The monoisotopic (exact) mass is 293 g/mol. The highest BCUT2D eigenvalue weighted by Gasteiger charge is 1.94. The molecule has 0 radical (unpaired) electrons. The maximum absolute atomic E-state index is 5.69. The Bertz CT molecular complexity index is 617. The Morgan fingerprint density at radius 2 is 1.77 bits per heavy atom. The SMILES string of the molecule is CCCCCOc1ccc(C#Cc2ccc(CC)cn2)cc1. The van der Waals surface area contributed by atoms with E-state index in [1.165, 1.54) is 18.4 Å². The first-order chi connectivity index (χ1) is 10.8. The minimum atomic E-state index is 0.784. The van der Waals surface area contributed by atoms with Crippen molar-refractivity contribution in [1.82, 2.24) is 4.98 Å². The summed E-state index contributed by atoms with van der Waals surface area (Å²) >= 11 is 0. The Hall–Kier alpha value is -2.27. The molecular formula is C20H23NO. The van der Waals surface area contributed by atoms with Gasteiger partial charge in [-0.25, -0.2) is 4.98 Å². The molecule has 22 heavy (non-hydrogen) atoms. The van der Waals surface area contributed by atoms with E-state index in [9.17, 15) is 0 Å². The number of aromatic nitrogens is 1. The number of hydrogen-bond donors (Lipinski definition) is 0. The van der Waals surface area contributed by atoms with Crippen molar-refractivity contribution in [3.63, 3.8) is 0 Å².